The van der Waals surface area contributed by atoms with E-state index in [9.17, 15) is 4.79 Å². The van der Waals surface area contributed by atoms with Gasteiger partial charge in [0.2, 0.25) is 5.91 Å². The summed E-state index contributed by atoms with van der Waals surface area (Å²) in [5, 5.41) is 3.16. The number of likely N-dealkylation sites (tertiary alicyclic amines) is 1. The Morgan fingerprint density at radius 3 is 2.85 bits per heavy atom. The van der Waals surface area contributed by atoms with Gasteiger partial charge in [0.15, 0.2) is 5.96 Å². The predicted octanol–water partition coefficient (Wildman–Crippen LogP) is 1.83. The van der Waals surface area contributed by atoms with Gasteiger partial charge < -0.3 is 16.8 Å². The van der Waals surface area contributed by atoms with Crippen molar-refractivity contribution in [3.63, 3.8) is 0 Å². The van der Waals surface area contributed by atoms with Crippen LogP contribution in [0.2, 0.25) is 0 Å². The largest absolute Gasteiger partial charge is 0.370 e. The van der Waals surface area contributed by atoms with Gasteiger partial charge in [-0.25, -0.2) is 4.99 Å². The second-order valence-electron chi connectivity index (χ2n) is 7.61. The maximum absolute atomic E-state index is 11.4. The SMILES string of the molecule is CC(C)CCNC(N)=NCc1cccc(CN2CCCC(C(N)=O)C2)c1. The van der Waals surface area contributed by atoms with E-state index in [0.29, 0.717) is 18.4 Å². The number of piperidine rings is 1. The van der Waals surface area contributed by atoms with Gasteiger partial charge in [0, 0.05) is 19.6 Å². The third-order valence-electron chi connectivity index (χ3n) is 4.77. The smallest absolute Gasteiger partial charge is 0.221 e. The minimum atomic E-state index is -0.182. The number of nitrogens with one attached hydrogen (secondary N) is 1. The minimum absolute atomic E-state index is 0.0201. The Hall–Kier alpha value is -2.08. The zero-order valence-electron chi connectivity index (χ0n) is 16.1. The van der Waals surface area contributed by atoms with Crippen molar-refractivity contribution in [2.45, 2.75) is 46.2 Å². The Bertz CT molecular complexity index is 614. The lowest BCUT2D eigenvalue weighted by atomic mass is 9.97. The summed E-state index contributed by atoms with van der Waals surface area (Å²) in [6.07, 6.45) is 3.01. The highest BCUT2D eigenvalue weighted by molar-refractivity contribution is 5.77. The lowest BCUT2D eigenvalue weighted by molar-refractivity contribution is -0.123. The molecule has 6 nitrogen and oxygen atoms in total. The Morgan fingerprint density at radius 1 is 1.35 bits per heavy atom. The van der Waals surface area contributed by atoms with Gasteiger partial charge in [-0.15, -0.1) is 0 Å². The van der Waals surface area contributed by atoms with E-state index in [1.165, 1.54) is 5.56 Å². The molecule has 0 aliphatic carbocycles. The number of hydrogen-bond acceptors (Lipinski definition) is 3. The van der Waals surface area contributed by atoms with E-state index in [1.807, 2.05) is 0 Å². The van der Waals surface area contributed by atoms with E-state index in [2.05, 4.69) is 53.3 Å². The molecule has 1 aliphatic heterocycles. The second-order valence-corrected chi connectivity index (χ2v) is 7.61. The highest BCUT2D eigenvalue weighted by Crippen LogP contribution is 2.19. The molecule has 0 saturated carbocycles. The van der Waals surface area contributed by atoms with Crippen molar-refractivity contribution in [2.24, 2.45) is 28.3 Å². The number of rotatable bonds is 8. The van der Waals surface area contributed by atoms with Gasteiger partial charge in [-0.3, -0.25) is 9.69 Å². The molecule has 2 rings (SSSR count). The van der Waals surface area contributed by atoms with Gasteiger partial charge in [-0.1, -0.05) is 38.1 Å². The summed E-state index contributed by atoms with van der Waals surface area (Å²) in [5.74, 6) is 0.943. The average Bonchev–Trinajstić information content (AvgIpc) is 2.60. The van der Waals surface area contributed by atoms with Gasteiger partial charge in [-0.2, -0.15) is 0 Å². The summed E-state index contributed by atoms with van der Waals surface area (Å²) in [4.78, 5) is 18.2. The summed E-state index contributed by atoms with van der Waals surface area (Å²) < 4.78 is 0. The molecule has 1 amide bonds. The van der Waals surface area contributed by atoms with Crippen LogP contribution in [0.25, 0.3) is 0 Å². The Labute approximate surface area is 157 Å². The normalized spacial score (nSPS) is 18.9. The molecule has 0 radical (unpaired) electrons. The van der Waals surface area contributed by atoms with E-state index in [1.54, 1.807) is 0 Å². The first-order valence-electron chi connectivity index (χ1n) is 9.57. The van der Waals surface area contributed by atoms with Gasteiger partial charge >= 0.3 is 0 Å². The van der Waals surface area contributed by atoms with Gasteiger partial charge in [0.05, 0.1) is 12.5 Å². The Kier molecular flexibility index (Phi) is 7.91. The molecule has 26 heavy (non-hydrogen) atoms. The summed E-state index contributed by atoms with van der Waals surface area (Å²) in [7, 11) is 0. The molecule has 1 aliphatic rings. The van der Waals surface area contributed by atoms with Crippen LogP contribution in [0.3, 0.4) is 0 Å². The lowest BCUT2D eigenvalue weighted by Crippen LogP contribution is -2.40. The fourth-order valence-electron chi connectivity index (χ4n) is 3.24. The van der Waals surface area contributed by atoms with Gasteiger partial charge in [0.1, 0.15) is 0 Å². The lowest BCUT2D eigenvalue weighted by Gasteiger charge is -2.31. The van der Waals surface area contributed by atoms with E-state index in [-0.39, 0.29) is 11.8 Å². The van der Waals surface area contributed by atoms with Crippen molar-refractivity contribution in [2.75, 3.05) is 19.6 Å². The predicted molar refractivity (Wildman–Crippen MR) is 106 cm³/mol. The molecule has 0 bridgehead atoms. The Balaban J connectivity index is 1.86. The molecule has 1 aromatic carbocycles. The summed E-state index contributed by atoms with van der Waals surface area (Å²) in [6.45, 7) is 8.40. The standard InChI is InChI=1S/C20H33N5O/c1-15(2)8-9-23-20(22)24-12-16-5-3-6-17(11-16)13-25-10-4-7-18(14-25)19(21)26/h3,5-6,11,15,18H,4,7-10,12-14H2,1-2H3,(H2,21,26)(H3,22,23,24). The van der Waals surface area contributed by atoms with E-state index in [4.69, 9.17) is 11.5 Å². The summed E-state index contributed by atoms with van der Waals surface area (Å²) >= 11 is 0. The highest BCUT2D eigenvalue weighted by atomic mass is 16.1. The topological polar surface area (TPSA) is 96.7 Å². The number of nitrogens with two attached hydrogens (primary N) is 2. The second kappa shape index (κ2) is 10.2. The van der Waals surface area contributed by atoms with Crippen LogP contribution in [-0.4, -0.2) is 36.4 Å². The number of carbonyl (C=O) groups excluding carboxylic acids is 1. The van der Waals surface area contributed by atoms with Gasteiger partial charge in [-0.05, 0) is 42.9 Å². The number of nitrogens with zero attached hydrogens (tertiary/aromatic N) is 2. The molecule has 6 heteroatoms. The molecule has 1 unspecified atom stereocenters. The average molecular weight is 360 g/mol. The molecule has 1 fully saturated rings. The molecule has 1 saturated heterocycles. The molecule has 1 atom stereocenters. The number of carbonyl (C=O) groups is 1. The number of primary amides is 1. The molecule has 0 spiro atoms. The van der Waals surface area contributed by atoms with E-state index >= 15 is 0 Å². The molecule has 5 N–H and O–H groups in total. The fraction of sp³-hybridized carbons (Fsp3) is 0.600. The monoisotopic (exact) mass is 359 g/mol. The van der Waals surface area contributed by atoms with Crippen LogP contribution in [0, 0.1) is 11.8 Å². The van der Waals surface area contributed by atoms with E-state index < -0.39 is 0 Å². The van der Waals surface area contributed by atoms with Crippen LogP contribution < -0.4 is 16.8 Å². The molecule has 1 heterocycles. The van der Waals surface area contributed by atoms with Crippen molar-refractivity contribution in [1.82, 2.24) is 10.2 Å². The highest BCUT2D eigenvalue weighted by Gasteiger charge is 2.23. The van der Waals surface area contributed by atoms with Crippen molar-refractivity contribution < 1.29 is 4.79 Å². The summed E-state index contributed by atoms with van der Waals surface area (Å²) in [6, 6.07) is 8.40. The first-order chi connectivity index (χ1) is 12.4. The zero-order valence-corrected chi connectivity index (χ0v) is 16.1. The van der Waals surface area contributed by atoms with Crippen LogP contribution in [0.5, 0.6) is 0 Å². The first kappa shape index (κ1) is 20.2. The van der Waals surface area contributed by atoms with Crippen molar-refractivity contribution in [3.05, 3.63) is 35.4 Å². The number of amides is 1. The number of guanidine groups is 1. The number of benzene rings is 1. The van der Waals surface area contributed by atoms with Crippen LogP contribution in [0.1, 0.15) is 44.2 Å². The zero-order chi connectivity index (χ0) is 18.9. The maximum atomic E-state index is 11.4. The number of hydrogen-bond donors (Lipinski definition) is 3. The van der Waals surface area contributed by atoms with Gasteiger partial charge in [0.25, 0.3) is 0 Å². The van der Waals surface area contributed by atoms with Crippen LogP contribution in [-0.2, 0) is 17.9 Å². The van der Waals surface area contributed by atoms with Crippen molar-refractivity contribution >= 4 is 11.9 Å². The maximum Gasteiger partial charge on any atom is 0.221 e. The molecule has 144 valence electrons. The van der Waals surface area contributed by atoms with Crippen molar-refractivity contribution in [3.8, 4) is 0 Å². The minimum Gasteiger partial charge on any atom is -0.370 e. The number of aliphatic imine (C=N–C) groups is 1. The first-order valence-corrected chi connectivity index (χ1v) is 9.57. The molecular weight excluding hydrogens is 326 g/mol. The fourth-order valence-corrected chi connectivity index (χ4v) is 3.24. The quantitative estimate of drug-likeness (QED) is 0.487. The van der Waals surface area contributed by atoms with Crippen LogP contribution in [0.4, 0.5) is 0 Å². The van der Waals surface area contributed by atoms with Crippen LogP contribution >= 0.6 is 0 Å². The molecule has 0 aromatic heterocycles. The molecule has 1 aromatic rings. The van der Waals surface area contributed by atoms with Crippen molar-refractivity contribution in [1.29, 1.82) is 0 Å². The van der Waals surface area contributed by atoms with E-state index in [0.717, 1.165) is 51.0 Å². The Morgan fingerprint density at radius 2 is 2.12 bits per heavy atom. The van der Waals surface area contributed by atoms with Crippen LogP contribution in [0.15, 0.2) is 29.3 Å². The molecular formula is C20H33N5O. The summed E-state index contributed by atoms with van der Waals surface area (Å²) in [5.41, 5.74) is 13.8. The third kappa shape index (κ3) is 7.04. The third-order valence-corrected chi connectivity index (χ3v) is 4.77.